The van der Waals surface area contributed by atoms with Crippen LogP contribution >= 0.6 is 0 Å². The molecule has 2 atom stereocenters. The predicted octanol–water partition coefficient (Wildman–Crippen LogP) is 4.23. The van der Waals surface area contributed by atoms with Gasteiger partial charge in [-0.3, -0.25) is 0 Å². The van der Waals surface area contributed by atoms with Crippen LogP contribution in [0.15, 0.2) is 47.6 Å². The van der Waals surface area contributed by atoms with Gasteiger partial charge in [0.05, 0.1) is 11.5 Å². The molecule has 2 aliphatic rings. The summed E-state index contributed by atoms with van der Waals surface area (Å²) in [6.45, 7) is 8.17. The molecule has 0 spiro atoms. The molecule has 21 heavy (non-hydrogen) atoms. The van der Waals surface area contributed by atoms with E-state index in [1.54, 1.807) is 0 Å². The Labute approximate surface area is 129 Å². The van der Waals surface area contributed by atoms with E-state index in [9.17, 15) is 8.42 Å². The first-order valence-electron chi connectivity index (χ1n) is 7.54. The minimum Gasteiger partial charge on any atom is -0.229 e. The van der Waals surface area contributed by atoms with Crippen molar-refractivity contribution in [1.82, 2.24) is 0 Å². The van der Waals surface area contributed by atoms with Gasteiger partial charge in [0.2, 0.25) is 0 Å². The molecule has 0 aliphatic heterocycles. The van der Waals surface area contributed by atoms with E-state index in [4.69, 9.17) is 0 Å². The summed E-state index contributed by atoms with van der Waals surface area (Å²) in [6, 6.07) is 0. The summed E-state index contributed by atoms with van der Waals surface area (Å²) >= 11 is 0. The molecule has 2 nitrogen and oxygen atoms in total. The topological polar surface area (TPSA) is 34.1 Å². The third kappa shape index (κ3) is 4.44. The molecular weight excluding hydrogens is 280 g/mol. The molecular formula is C18H26O2S. The number of hydrogen-bond acceptors (Lipinski definition) is 2. The van der Waals surface area contributed by atoms with Crippen molar-refractivity contribution < 1.29 is 8.42 Å². The van der Waals surface area contributed by atoms with Gasteiger partial charge in [-0.05, 0) is 26.7 Å². The zero-order chi connectivity index (χ0) is 15.7. The highest BCUT2D eigenvalue weighted by Crippen LogP contribution is 2.35. The van der Waals surface area contributed by atoms with Gasteiger partial charge in [-0.1, -0.05) is 61.4 Å². The van der Waals surface area contributed by atoms with Crippen LogP contribution in [0.1, 0.15) is 40.5 Å². The van der Waals surface area contributed by atoms with Crippen LogP contribution < -0.4 is 0 Å². The van der Waals surface area contributed by atoms with Crippen molar-refractivity contribution in [3.05, 3.63) is 47.6 Å². The Morgan fingerprint density at radius 3 is 1.57 bits per heavy atom. The van der Waals surface area contributed by atoms with Crippen LogP contribution in [-0.2, 0) is 9.84 Å². The fraction of sp³-hybridized carbons (Fsp3) is 0.556. The lowest BCUT2D eigenvalue weighted by atomic mass is 9.84. The van der Waals surface area contributed by atoms with Crippen LogP contribution in [-0.4, -0.2) is 19.9 Å². The van der Waals surface area contributed by atoms with E-state index < -0.39 is 9.84 Å². The standard InChI is InChI=1S/C18H26O2S/c1-15-5-9-17(3,10-6-15)13-21(19,20)14-18(4)11-7-16(2)8-12-18/h5-9,11H,10,12-14H2,1-4H3. The van der Waals surface area contributed by atoms with Crippen LogP contribution in [0.25, 0.3) is 0 Å². The molecule has 0 aromatic heterocycles. The number of rotatable bonds is 4. The zero-order valence-corrected chi connectivity index (χ0v) is 14.3. The van der Waals surface area contributed by atoms with Crippen LogP contribution in [0, 0.1) is 10.8 Å². The van der Waals surface area contributed by atoms with Gasteiger partial charge in [0.25, 0.3) is 0 Å². The monoisotopic (exact) mass is 306 g/mol. The van der Waals surface area contributed by atoms with Crippen molar-refractivity contribution >= 4 is 9.84 Å². The average Bonchev–Trinajstić information content (AvgIpc) is 2.36. The van der Waals surface area contributed by atoms with Gasteiger partial charge in [-0.25, -0.2) is 8.42 Å². The number of allylic oxidation sites excluding steroid dienone is 8. The molecule has 0 bridgehead atoms. The van der Waals surface area contributed by atoms with Crippen molar-refractivity contribution in [2.45, 2.75) is 40.5 Å². The van der Waals surface area contributed by atoms with Gasteiger partial charge < -0.3 is 0 Å². The Bertz CT molecular complexity index is 584. The fourth-order valence-electron chi connectivity index (χ4n) is 3.00. The summed E-state index contributed by atoms with van der Waals surface area (Å²) in [5.74, 6) is 0.457. The second-order valence-corrected chi connectivity index (χ2v) is 9.38. The third-order valence-electron chi connectivity index (χ3n) is 4.38. The van der Waals surface area contributed by atoms with Crippen LogP contribution in [0.2, 0.25) is 0 Å². The van der Waals surface area contributed by atoms with Gasteiger partial charge in [0.1, 0.15) is 0 Å². The first kappa shape index (κ1) is 16.3. The zero-order valence-electron chi connectivity index (χ0n) is 13.5. The largest absolute Gasteiger partial charge is 0.229 e. The van der Waals surface area contributed by atoms with E-state index in [2.05, 4.69) is 24.3 Å². The molecule has 0 N–H and O–H groups in total. The molecule has 2 rings (SSSR count). The fourth-order valence-corrected chi connectivity index (χ4v) is 5.54. The van der Waals surface area contributed by atoms with Crippen molar-refractivity contribution in [3.63, 3.8) is 0 Å². The van der Waals surface area contributed by atoms with Gasteiger partial charge in [-0.2, -0.15) is 0 Å². The lowest BCUT2D eigenvalue weighted by Gasteiger charge is -2.31. The van der Waals surface area contributed by atoms with Gasteiger partial charge in [0.15, 0.2) is 9.84 Å². The van der Waals surface area contributed by atoms with Gasteiger partial charge in [0, 0.05) is 10.8 Å². The van der Waals surface area contributed by atoms with Crippen molar-refractivity contribution in [3.8, 4) is 0 Å². The van der Waals surface area contributed by atoms with E-state index in [0.29, 0.717) is 0 Å². The van der Waals surface area contributed by atoms with Crippen LogP contribution in [0.3, 0.4) is 0 Å². The predicted molar refractivity (Wildman–Crippen MR) is 89.9 cm³/mol. The molecule has 0 radical (unpaired) electrons. The molecule has 2 unspecified atom stereocenters. The molecule has 0 aromatic carbocycles. The summed E-state index contributed by atoms with van der Waals surface area (Å²) in [5.41, 5.74) is 1.90. The van der Waals surface area contributed by atoms with Gasteiger partial charge in [-0.15, -0.1) is 0 Å². The third-order valence-corrected chi connectivity index (χ3v) is 6.58. The maximum Gasteiger partial charge on any atom is 0.152 e. The molecule has 0 heterocycles. The summed E-state index contributed by atoms with van der Waals surface area (Å²) in [7, 11) is -3.09. The maximum absolute atomic E-state index is 12.6. The summed E-state index contributed by atoms with van der Waals surface area (Å²) in [6.07, 6.45) is 14.1. The molecule has 0 fully saturated rings. The second kappa shape index (κ2) is 5.60. The van der Waals surface area contributed by atoms with Crippen LogP contribution in [0.5, 0.6) is 0 Å². The molecule has 0 saturated heterocycles. The minimum absolute atomic E-state index is 0.229. The van der Waals surface area contributed by atoms with Crippen molar-refractivity contribution in [1.29, 1.82) is 0 Å². The first-order chi connectivity index (χ1) is 9.62. The van der Waals surface area contributed by atoms with Crippen molar-refractivity contribution in [2.24, 2.45) is 10.8 Å². The Hall–Kier alpha value is -1.09. The minimum atomic E-state index is -3.09. The quantitative estimate of drug-likeness (QED) is 0.779. The highest BCUT2D eigenvalue weighted by molar-refractivity contribution is 7.91. The van der Waals surface area contributed by atoms with Gasteiger partial charge >= 0.3 is 0 Å². The Morgan fingerprint density at radius 2 is 1.29 bits per heavy atom. The van der Waals surface area contributed by atoms with E-state index in [1.165, 1.54) is 11.1 Å². The second-order valence-electron chi connectivity index (χ2n) is 7.31. The molecule has 0 aromatic rings. The summed E-state index contributed by atoms with van der Waals surface area (Å²) in [4.78, 5) is 0. The number of hydrogen-bond donors (Lipinski definition) is 0. The first-order valence-corrected chi connectivity index (χ1v) is 9.36. The Morgan fingerprint density at radius 1 is 0.905 bits per heavy atom. The van der Waals surface area contributed by atoms with E-state index in [0.717, 1.165) is 12.8 Å². The van der Waals surface area contributed by atoms with Crippen molar-refractivity contribution in [2.75, 3.05) is 11.5 Å². The van der Waals surface area contributed by atoms with Crippen LogP contribution in [0.4, 0.5) is 0 Å². The summed E-state index contributed by atoms with van der Waals surface area (Å²) < 4.78 is 25.3. The average molecular weight is 306 g/mol. The van der Waals surface area contributed by atoms with E-state index >= 15 is 0 Å². The lowest BCUT2D eigenvalue weighted by molar-refractivity contribution is 0.448. The maximum atomic E-state index is 12.6. The number of sulfone groups is 1. The summed E-state index contributed by atoms with van der Waals surface area (Å²) in [5, 5.41) is 0. The highest BCUT2D eigenvalue weighted by Gasteiger charge is 2.34. The normalized spacial score (nSPS) is 32.8. The molecule has 116 valence electrons. The molecule has 3 heteroatoms. The smallest absolute Gasteiger partial charge is 0.152 e. The lowest BCUT2D eigenvalue weighted by Crippen LogP contribution is -2.33. The van der Waals surface area contributed by atoms with E-state index in [-0.39, 0.29) is 22.3 Å². The SMILES string of the molecule is CC1=CCC(C)(CS(=O)(=O)CC2(C)C=CC(C)=CC2)C=C1. The Kier molecular flexibility index (Phi) is 4.34. The Balaban J connectivity index is 2.07. The molecule has 0 amide bonds. The molecule has 2 aliphatic carbocycles. The molecule has 0 saturated carbocycles. The highest BCUT2D eigenvalue weighted by atomic mass is 32.2. The van der Waals surface area contributed by atoms with E-state index in [1.807, 2.05) is 39.8 Å².